The van der Waals surface area contributed by atoms with Gasteiger partial charge in [0.15, 0.2) is 0 Å². The highest BCUT2D eigenvalue weighted by atomic mass is 35.5. The second-order valence-corrected chi connectivity index (χ2v) is 10.4. The number of hydrogen-bond donors (Lipinski definition) is 0. The topological polar surface area (TPSA) is 22.2 Å². The van der Waals surface area contributed by atoms with E-state index in [1.807, 2.05) is 0 Å². The maximum Gasteiger partial charge on any atom is 0.308 e. The van der Waals surface area contributed by atoms with Gasteiger partial charge in [-0.3, -0.25) is 0 Å². The molecule has 4 fully saturated rings. The maximum atomic E-state index is 5.70. The van der Waals surface area contributed by atoms with Crippen LogP contribution in [0.2, 0.25) is 0 Å². The number of ether oxygens (including phenoxy) is 1. The van der Waals surface area contributed by atoms with Gasteiger partial charge in [-0.2, -0.15) is 0 Å². The first-order valence-electron chi connectivity index (χ1n) is 9.41. The molecular weight excluding hydrogens is 331 g/mol. The minimum atomic E-state index is -1.46. The lowest BCUT2D eigenvalue weighted by Crippen LogP contribution is -3.00. The molecule has 0 bridgehead atoms. The summed E-state index contributed by atoms with van der Waals surface area (Å²) in [5.41, 5.74) is 0. The third-order valence-electron chi connectivity index (χ3n) is 5.75. The standard InChI is InChI=1S/C16H32N4OP.ClH/c1-2-8-17(7-1)22(18-9-3-4-10-18,19-11-5-6-12-19)20-13-15-21-16-14-20;/h1-16H2;1H/q+1;/p-1. The van der Waals surface area contributed by atoms with E-state index in [2.05, 4.69) is 18.7 Å². The molecule has 0 saturated carbocycles. The smallest absolute Gasteiger partial charge is 0.308 e. The van der Waals surface area contributed by atoms with Crippen molar-refractivity contribution >= 4 is 7.87 Å². The molecule has 23 heavy (non-hydrogen) atoms. The molecule has 5 nitrogen and oxygen atoms in total. The zero-order chi connectivity index (χ0) is 14.8. The molecule has 0 amide bonds. The summed E-state index contributed by atoms with van der Waals surface area (Å²) in [4.78, 5) is 0. The van der Waals surface area contributed by atoms with Crippen molar-refractivity contribution in [2.75, 3.05) is 65.6 Å². The second-order valence-electron chi connectivity index (χ2n) is 7.09. The predicted molar refractivity (Wildman–Crippen MR) is 91.7 cm³/mol. The Morgan fingerprint density at radius 1 is 0.478 bits per heavy atom. The minimum absolute atomic E-state index is 0. The van der Waals surface area contributed by atoms with Crippen LogP contribution in [0.15, 0.2) is 0 Å². The van der Waals surface area contributed by atoms with Crippen LogP contribution in [0.25, 0.3) is 0 Å². The summed E-state index contributed by atoms with van der Waals surface area (Å²) in [5, 5.41) is 0. The quantitative estimate of drug-likeness (QED) is 0.614. The van der Waals surface area contributed by atoms with E-state index in [0.29, 0.717) is 0 Å². The van der Waals surface area contributed by atoms with Crippen molar-refractivity contribution in [3.05, 3.63) is 0 Å². The van der Waals surface area contributed by atoms with Gasteiger partial charge >= 0.3 is 7.87 Å². The fourth-order valence-electron chi connectivity index (χ4n) is 4.80. The van der Waals surface area contributed by atoms with Gasteiger partial charge in [0.1, 0.15) is 0 Å². The molecule has 0 aromatic rings. The van der Waals surface area contributed by atoms with E-state index < -0.39 is 7.87 Å². The van der Waals surface area contributed by atoms with E-state index in [0.717, 1.165) is 26.3 Å². The van der Waals surface area contributed by atoms with Gasteiger partial charge in [0.25, 0.3) is 0 Å². The number of hydrogen-bond acceptors (Lipinski definition) is 5. The Bertz CT molecular complexity index is 324. The lowest BCUT2D eigenvalue weighted by molar-refractivity contribution is -0.00000541. The van der Waals surface area contributed by atoms with Crippen LogP contribution in [0.3, 0.4) is 0 Å². The van der Waals surface area contributed by atoms with Crippen molar-refractivity contribution in [3.8, 4) is 0 Å². The average Bonchev–Trinajstić information content (AvgIpc) is 3.34. The minimum Gasteiger partial charge on any atom is -1.00 e. The number of nitrogens with zero attached hydrogens (tertiary/aromatic N) is 4. The van der Waals surface area contributed by atoms with E-state index in [1.165, 1.54) is 77.8 Å². The van der Waals surface area contributed by atoms with Crippen molar-refractivity contribution in [2.24, 2.45) is 0 Å². The molecule has 0 aromatic heterocycles. The maximum absolute atomic E-state index is 5.70. The molecule has 0 spiro atoms. The van der Waals surface area contributed by atoms with Crippen molar-refractivity contribution in [3.63, 3.8) is 0 Å². The van der Waals surface area contributed by atoms with Crippen molar-refractivity contribution in [2.45, 2.75) is 38.5 Å². The molecule has 0 N–H and O–H groups in total. The molecule has 4 rings (SSSR count). The molecule has 4 heterocycles. The largest absolute Gasteiger partial charge is 1.00 e. The van der Waals surface area contributed by atoms with E-state index in [9.17, 15) is 0 Å². The van der Waals surface area contributed by atoms with Gasteiger partial charge < -0.3 is 17.1 Å². The van der Waals surface area contributed by atoms with Crippen molar-refractivity contribution < 1.29 is 17.1 Å². The highest BCUT2D eigenvalue weighted by Crippen LogP contribution is 2.72. The first-order chi connectivity index (χ1) is 10.9. The molecule has 134 valence electrons. The summed E-state index contributed by atoms with van der Waals surface area (Å²) in [6.07, 6.45) is 8.38. The summed E-state index contributed by atoms with van der Waals surface area (Å²) in [6, 6.07) is 0. The lowest BCUT2D eigenvalue weighted by Gasteiger charge is -2.49. The van der Waals surface area contributed by atoms with Crippen LogP contribution in [0.1, 0.15) is 38.5 Å². The number of morpholine rings is 1. The normalized spacial score (nSPS) is 29.2. The average molecular weight is 363 g/mol. The van der Waals surface area contributed by atoms with Crippen LogP contribution in [0, 0.1) is 0 Å². The van der Waals surface area contributed by atoms with Gasteiger partial charge in [-0.15, -0.1) is 18.7 Å². The van der Waals surface area contributed by atoms with Crippen LogP contribution >= 0.6 is 7.87 Å². The van der Waals surface area contributed by atoms with Crippen LogP contribution < -0.4 is 12.4 Å². The molecular formula is C16H32ClN4OP. The monoisotopic (exact) mass is 362 g/mol. The zero-order valence-corrected chi connectivity index (χ0v) is 16.0. The predicted octanol–water partition coefficient (Wildman–Crippen LogP) is -0.712. The fourth-order valence-corrected chi connectivity index (χ4v) is 10.1. The molecule has 7 heteroatoms. The molecule has 4 saturated heterocycles. The van der Waals surface area contributed by atoms with Crippen LogP contribution in [0.5, 0.6) is 0 Å². The van der Waals surface area contributed by atoms with Crippen LogP contribution in [-0.2, 0) is 4.74 Å². The van der Waals surface area contributed by atoms with Crippen molar-refractivity contribution in [1.82, 2.24) is 18.7 Å². The first kappa shape index (κ1) is 18.3. The molecule has 4 aliphatic rings. The van der Waals surface area contributed by atoms with E-state index in [-0.39, 0.29) is 12.4 Å². The second kappa shape index (κ2) is 8.27. The van der Waals surface area contributed by atoms with Gasteiger partial charge in [-0.25, -0.2) is 0 Å². The Hall–Kier alpha value is 0.520. The molecule has 0 aromatic carbocycles. The van der Waals surface area contributed by atoms with Gasteiger partial charge in [-0.1, -0.05) is 0 Å². The summed E-state index contributed by atoms with van der Waals surface area (Å²) in [7, 11) is -1.46. The van der Waals surface area contributed by atoms with Gasteiger partial charge in [0.05, 0.1) is 26.3 Å². The SMILES string of the molecule is C1CCN([P+](N2CCCC2)(N2CCCC2)N2CCOCC2)C1.[Cl-]. The summed E-state index contributed by atoms with van der Waals surface area (Å²) < 4.78 is 17.4. The van der Waals surface area contributed by atoms with E-state index in [1.54, 1.807) is 0 Å². The molecule has 0 unspecified atom stereocenters. The third kappa shape index (κ3) is 3.31. The lowest BCUT2D eigenvalue weighted by atomic mass is 10.4. The Labute approximate surface area is 148 Å². The fraction of sp³-hybridized carbons (Fsp3) is 1.00. The third-order valence-corrected chi connectivity index (χ3v) is 10.4. The first-order valence-corrected chi connectivity index (χ1v) is 11.0. The number of halogens is 1. The Morgan fingerprint density at radius 2 is 0.783 bits per heavy atom. The van der Waals surface area contributed by atoms with Crippen LogP contribution in [-0.4, -0.2) is 84.3 Å². The van der Waals surface area contributed by atoms with E-state index >= 15 is 0 Å². The Kier molecular flexibility index (Phi) is 6.58. The Balaban J connectivity index is 0.00000156. The summed E-state index contributed by atoms with van der Waals surface area (Å²) in [6.45, 7) is 12.0. The highest BCUT2D eigenvalue weighted by molar-refractivity contribution is 7.66. The Morgan fingerprint density at radius 3 is 1.13 bits per heavy atom. The van der Waals surface area contributed by atoms with Gasteiger partial charge in [0, 0.05) is 39.3 Å². The molecule has 0 atom stereocenters. The van der Waals surface area contributed by atoms with Crippen molar-refractivity contribution in [1.29, 1.82) is 0 Å². The zero-order valence-electron chi connectivity index (χ0n) is 14.3. The van der Waals surface area contributed by atoms with Gasteiger partial charge in [0.2, 0.25) is 0 Å². The number of rotatable bonds is 4. The van der Waals surface area contributed by atoms with E-state index in [4.69, 9.17) is 4.74 Å². The molecule has 4 aliphatic heterocycles. The summed E-state index contributed by atoms with van der Waals surface area (Å²) >= 11 is 0. The molecule has 0 aliphatic carbocycles. The molecule has 0 radical (unpaired) electrons. The highest BCUT2D eigenvalue weighted by Gasteiger charge is 2.63. The van der Waals surface area contributed by atoms with Crippen LogP contribution in [0.4, 0.5) is 0 Å². The summed E-state index contributed by atoms with van der Waals surface area (Å²) in [5.74, 6) is 0. The van der Waals surface area contributed by atoms with Gasteiger partial charge in [-0.05, 0) is 38.5 Å².